The Morgan fingerprint density at radius 3 is 2.41 bits per heavy atom. The molecule has 10 heteroatoms. The van der Waals surface area contributed by atoms with E-state index in [0.717, 1.165) is 0 Å². The van der Waals surface area contributed by atoms with Crippen LogP contribution in [0.5, 0.6) is 11.5 Å². The SMILES string of the molecule is COc1cc(C(O)N(C)CCO[Si](C)(C)C(C)(C)C)cnc1-c1cc2ncc(OC)c(Cl)c2o1. The highest BCUT2D eigenvalue weighted by atomic mass is 35.5. The number of halogens is 1. The Labute approximate surface area is 206 Å². The van der Waals surface area contributed by atoms with Crippen LogP contribution in [0, 0.1) is 0 Å². The summed E-state index contributed by atoms with van der Waals surface area (Å²) in [7, 11) is 3.07. The highest BCUT2D eigenvalue weighted by molar-refractivity contribution is 6.74. The van der Waals surface area contributed by atoms with Crippen molar-refractivity contribution in [3.8, 4) is 23.0 Å². The Bertz CT molecular complexity index is 1150. The molecular formula is C24H34ClN3O5Si. The molecule has 0 fully saturated rings. The molecule has 0 spiro atoms. The predicted octanol–water partition coefficient (Wildman–Crippen LogP) is 5.50. The second kappa shape index (κ2) is 10.2. The molecule has 0 aliphatic rings. The fourth-order valence-corrected chi connectivity index (χ4v) is 4.47. The first-order valence-electron chi connectivity index (χ1n) is 11.1. The molecule has 0 bridgehead atoms. The Hall–Kier alpha value is -2.17. The molecule has 0 saturated heterocycles. The summed E-state index contributed by atoms with van der Waals surface area (Å²) in [5.74, 6) is 1.34. The molecule has 1 N–H and O–H groups in total. The smallest absolute Gasteiger partial charge is 0.192 e. The van der Waals surface area contributed by atoms with Crippen molar-refractivity contribution in [3.05, 3.63) is 35.1 Å². The number of furan rings is 1. The predicted molar refractivity (Wildman–Crippen MR) is 136 cm³/mol. The molecule has 0 amide bonds. The van der Waals surface area contributed by atoms with Crippen molar-refractivity contribution in [1.29, 1.82) is 0 Å². The third kappa shape index (κ3) is 5.39. The number of aliphatic hydroxyl groups is 1. The van der Waals surface area contributed by atoms with Crippen molar-refractivity contribution in [2.24, 2.45) is 0 Å². The minimum absolute atomic E-state index is 0.138. The molecule has 0 radical (unpaired) electrons. The second-order valence-electron chi connectivity index (χ2n) is 9.75. The zero-order valence-electron chi connectivity index (χ0n) is 21.1. The summed E-state index contributed by atoms with van der Waals surface area (Å²) in [6, 6.07) is 3.49. The maximum absolute atomic E-state index is 10.9. The Morgan fingerprint density at radius 2 is 1.79 bits per heavy atom. The number of fused-ring (bicyclic) bond motifs is 1. The summed E-state index contributed by atoms with van der Waals surface area (Å²) >= 11 is 6.36. The average Bonchev–Trinajstić information content (AvgIpc) is 3.22. The van der Waals surface area contributed by atoms with Crippen molar-refractivity contribution in [1.82, 2.24) is 14.9 Å². The maximum atomic E-state index is 10.9. The highest BCUT2D eigenvalue weighted by Crippen LogP contribution is 2.39. The van der Waals surface area contributed by atoms with Crippen LogP contribution >= 0.6 is 11.6 Å². The number of ether oxygens (including phenoxy) is 2. The topological polar surface area (TPSA) is 90.1 Å². The summed E-state index contributed by atoms with van der Waals surface area (Å²) in [6.45, 7) is 12.2. The third-order valence-electron chi connectivity index (χ3n) is 6.42. The van der Waals surface area contributed by atoms with Crippen LogP contribution in [0.4, 0.5) is 0 Å². The lowest BCUT2D eigenvalue weighted by Crippen LogP contribution is -2.42. The fourth-order valence-electron chi connectivity index (χ4n) is 3.17. The van der Waals surface area contributed by atoms with E-state index in [1.54, 1.807) is 31.6 Å². The molecule has 3 rings (SSSR count). The summed E-state index contributed by atoms with van der Waals surface area (Å²) in [6.07, 6.45) is 2.28. The second-order valence-corrected chi connectivity index (χ2v) is 14.9. The monoisotopic (exact) mass is 507 g/mol. The van der Waals surface area contributed by atoms with Crippen molar-refractivity contribution in [2.45, 2.75) is 45.1 Å². The van der Waals surface area contributed by atoms with Crippen LogP contribution in [0.3, 0.4) is 0 Å². The van der Waals surface area contributed by atoms with Gasteiger partial charge in [0.1, 0.15) is 28.2 Å². The molecule has 0 aromatic carbocycles. The van der Waals surface area contributed by atoms with Gasteiger partial charge in [-0.25, -0.2) is 9.97 Å². The summed E-state index contributed by atoms with van der Waals surface area (Å²) < 4.78 is 22.9. The molecular weight excluding hydrogens is 474 g/mol. The van der Waals surface area contributed by atoms with E-state index in [2.05, 4.69) is 43.8 Å². The minimum atomic E-state index is -1.84. The molecule has 0 aliphatic carbocycles. The van der Waals surface area contributed by atoms with Gasteiger partial charge in [0.2, 0.25) is 0 Å². The lowest BCUT2D eigenvalue weighted by Gasteiger charge is -2.37. The van der Waals surface area contributed by atoms with Crippen molar-refractivity contribution >= 4 is 31.0 Å². The molecule has 3 heterocycles. The number of methoxy groups -OCH3 is 2. The van der Waals surface area contributed by atoms with Crippen LogP contribution in [0.1, 0.15) is 32.6 Å². The molecule has 1 unspecified atom stereocenters. The van der Waals surface area contributed by atoms with Gasteiger partial charge in [-0.15, -0.1) is 0 Å². The van der Waals surface area contributed by atoms with E-state index in [1.165, 1.54) is 7.11 Å². The number of rotatable bonds is 9. The maximum Gasteiger partial charge on any atom is 0.192 e. The number of pyridine rings is 2. The van der Waals surface area contributed by atoms with Gasteiger partial charge < -0.3 is 23.4 Å². The average molecular weight is 508 g/mol. The first kappa shape index (κ1) is 26.4. The van der Waals surface area contributed by atoms with E-state index in [0.29, 0.717) is 57.8 Å². The van der Waals surface area contributed by atoms with Crippen molar-refractivity contribution in [2.75, 3.05) is 34.4 Å². The number of aliphatic hydroxyl groups excluding tert-OH is 1. The Kier molecular flexibility index (Phi) is 7.94. The molecule has 0 saturated carbocycles. The van der Waals surface area contributed by atoms with Gasteiger partial charge in [-0.1, -0.05) is 32.4 Å². The van der Waals surface area contributed by atoms with Gasteiger partial charge in [0.25, 0.3) is 0 Å². The van der Waals surface area contributed by atoms with Gasteiger partial charge >= 0.3 is 0 Å². The molecule has 0 aliphatic heterocycles. The van der Waals surface area contributed by atoms with Gasteiger partial charge in [-0.3, -0.25) is 4.90 Å². The Balaban J connectivity index is 1.78. The van der Waals surface area contributed by atoms with Gasteiger partial charge in [0.05, 0.1) is 20.4 Å². The quantitative estimate of drug-likeness (QED) is 0.299. The number of hydrogen-bond donors (Lipinski definition) is 1. The van der Waals surface area contributed by atoms with Gasteiger partial charge in [-0.05, 0) is 31.2 Å². The van der Waals surface area contributed by atoms with E-state index in [9.17, 15) is 5.11 Å². The minimum Gasteiger partial charge on any atom is -0.494 e. The third-order valence-corrected chi connectivity index (χ3v) is 11.3. The summed E-state index contributed by atoms with van der Waals surface area (Å²) in [5, 5.41) is 11.4. The van der Waals surface area contributed by atoms with Crippen LogP contribution < -0.4 is 9.47 Å². The summed E-state index contributed by atoms with van der Waals surface area (Å²) in [4.78, 5) is 10.6. The zero-order chi connectivity index (χ0) is 25.3. The van der Waals surface area contributed by atoms with Gasteiger partial charge in [0.15, 0.2) is 25.4 Å². The van der Waals surface area contributed by atoms with Gasteiger partial charge in [0, 0.05) is 31.0 Å². The molecule has 1 atom stereocenters. The number of nitrogens with zero attached hydrogens (tertiary/aromatic N) is 3. The van der Waals surface area contributed by atoms with Crippen molar-refractivity contribution in [3.63, 3.8) is 0 Å². The lowest BCUT2D eigenvalue weighted by atomic mass is 10.1. The van der Waals surface area contributed by atoms with E-state index >= 15 is 0 Å². The molecule has 186 valence electrons. The number of hydrogen-bond acceptors (Lipinski definition) is 8. The van der Waals surface area contributed by atoms with Crippen LogP contribution in [0.15, 0.2) is 28.9 Å². The molecule has 3 aromatic rings. The van der Waals surface area contributed by atoms with Gasteiger partial charge in [-0.2, -0.15) is 0 Å². The molecule has 8 nitrogen and oxygen atoms in total. The largest absolute Gasteiger partial charge is 0.494 e. The first-order chi connectivity index (χ1) is 15.9. The van der Waals surface area contributed by atoms with Crippen LogP contribution in [0.25, 0.3) is 22.6 Å². The highest BCUT2D eigenvalue weighted by Gasteiger charge is 2.37. The fraction of sp³-hybridized carbons (Fsp3) is 0.500. The number of aromatic nitrogens is 2. The molecule has 3 aromatic heterocycles. The number of likely N-dealkylation sites (N-methyl/N-ethyl adjacent to an activating group) is 1. The standard InChI is InChI=1S/C24H34ClN3O5Si/c1-24(2,3)34(7,8)32-10-9-28(4)23(29)15-11-17(30-5)21(27-13-15)18-12-16-22(33-18)20(25)19(31-6)14-26-16/h11-14,23,29H,9-10H2,1-8H3. The molecule has 34 heavy (non-hydrogen) atoms. The lowest BCUT2D eigenvalue weighted by molar-refractivity contribution is 0.0118. The van der Waals surface area contributed by atoms with Crippen molar-refractivity contribution < 1.29 is 23.4 Å². The van der Waals surface area contributed by atoms with Crippen LogP contribution in [-0.2, 0) is 4.43 Å². The Morgan fingerprint density at radius 1 is 1.12 bits per heavy atom. The zero-order valence-corrected chi connectivity index (χ0v) is 22.9. The van der Waals surface area contributed by atoms with E-state index < -0.39 is 14.5 Å². The normalized spacial score (nSPS) is 13.5. The summed E-state index contributed by atoms with van der Waals surface area (Å²) in [5.41, 5.74) is 2.07. The van der Waals surface area contributed by atoms with E-state index in [4.69, 9.17) is 29.9 Å². The van der Waals surface area contributed by atoms with E-state index in [1.807, 2.05) is 11.9 Å². The first-order valence-corrected chi connectivity index (χ1v) is 14.4. The van der Waals surface area contributed by atoms with Crippen LogP contribution in [0.2, 0.25) is 23.2 Å². The van der Waals surface area contributed by atoms with E-state index in [-0.39, 0.29) is 5.04 Å². The van der Waals surface area contributed by atoms with Crippen LogP contribution in [-0.4, -0.2) is 62.7 Å².